The summed E-state index contributed by atoms with van der Waals surface area (Å²) in [7, 11) is 0. The van der Waals surface area contributed by atoms with Crippen molar-refractivity contribution in [3.8, 4) is 11.3 Å². The van der Waals surface area contributed by atoms with Crippen LogP contribution in [0.1, 0.15) is 0 Å². The molecule has 21 heavy (non-hydrogen) atoms. The Labute approximate surface area is 120 Å². The number of nitrogens with one attached hydrogen (secondary N) is 1. The first kappa shape index (κ1) is 11.7. The van der Waals surface area contributed by atoms with Crippen molar-refractivity contribution in [2.75, 3.05) is 5.32 Å². The fourth-order valence-corrected chi connectivity index (χ4v) is 2.22. The van der Waals surface area contributed by atoms with Gasteiger partial charge in [-0.1, -0.05) is 35.5 Å². The fourth-order valence-electron chi connectivity index (χ4n) is 2.22. The number of anilines is 2. The third kappa shape index (κ3) is 2.14. The van der Waals surface area contributed by atoms with Crippen LogP contribution in [-0.4, -0.2) is 10.1 Å². The van der Waals surface area contributed by atoms with E-state index in [-0.39, 0.29) is 0 Å². The number of nitrogens with zero attached hydrogens (tertiary/aromatic N) is 2. The molecule has 4 rings (SSSR count). The average Bonchev–Trinajstić information content (AvgIpc) is 3.19. The van der Waals surface area contributed by atoms with Crippen molar-refractivity contribution in [1.29, 1.82) is 0 Å². The standard InChI is InChI=1S/C16H11N3O2/c1-2-4-11(5-3-1)13-10-14(18-15-7-9-21-19-15)16-12(17-13)6-8-20-16/h1-10H,(H,17,18,19). The molecule has 0 radical (unpaired) electrons. The number of aromatic nitrogens is 2. The number of hydrogen-bond donors (Lipinski definition) is 1. The number of benzene rings is 1. The molecule has 0 aliphatic carbocycles. The van der Waals surface area contributed by atoms with Gasteiger partial charge in [0.15, 0.2) is 11.4 Å². The van der Waals surface area contributed by atoms with E-state index in [0.717, 1.165) is 22.5 Å². The van der Waals surface area contributed by atoms with Crippen molar-refractivity contribution in [3.63, 3.8) is 0 Å². The Morgan fingerprint density at radius 1 is 0.952 bits per heavy atom. The van der Waals surface area contributed by atoms with Gasteiger partial charge in [-0.2, -0.15) is 0 Å². The van der Waals surface area contributed by atoms with Crippen molar-refractivity contribution in [2.45, 2.75) is 0 Å². The highest BCUT2D eigenvalue weighted by molar-refractivity contribution is 5.90. The number of pyridine rings is 1. The summed E-state index contributed by atoms with van der Waals surface area (Å²) >= 11 is 0. The topological polar surface area (TPSA) is 64.1 Å². The molecule has 0 spiro atoms. The first-order chi connectivity index (χ1) is 10.4. The molecule has 0 unspecified atom stereocenters. The van der Waals surface area contributed by atoms with Crippen LogP contribution in [0.25, 0.3) is 22.4 Å². The van der Waals surface area contributed by atoms with E-state index in [4.69, 9.17) is 8.94 Å². The molecule has 0 saturated heterocycles. The second-order valence-electron chi connectivity index (χ2n) is 4.57. The van der Waals surface area contributed by atoms with Crippen molar-refractivity contribution < 1.29 is 8.94 Å². The Bertz CT molecular complexity index is 867. The Hall–Kier alpha value is -3.08. The third-order valence-electron chi connectivity index (χ3n) is 3.18. The van der Waals surface area contributed by atoms with Crippen LogP contribution >= 0.6 is 0 Å². The highest BCUT2D eigenvalue weighted by Crippen LogP contribution is 2.30. The van der Waals surface area contributed by atoms with Crippen LogP contribution in [0.5, 0.6) is 0 Å². The molecule has 0 aliphatic heterocycles. The minimum atomic E-state index is 0.623. The number of hydrogen-bond acceptors (Lipinski definition) is 5. The lowest BCUT2D eigenvalue weighted by Gasteiger charge is -2.07. The highest BCUT2D eigenvalue weighted by Gasteiger charge is 2.11. The van der Waals surface area contributed by atoms with Gasteiger partial charge in [-0.3, -0.25) is 0 Å². The quantitative estimate of drug-likeness (QED) is 0.607. The molecule has 0 atom stereocenters. The van der Waals surface area contributed by atoms with Crippen LogP contribution in [0, 0.1) is 0 Å². The van der Waals surface area contributed by atoms with Crippen LogP contribution in [-0.2, 0) is 0 Å². The van der Waals surface area contributed by atoms with Crippen molar-refractivity contribution in [3.05, 3.63) is 61.1 Å². The van der Waals surface area contributed by atoms with Gasteiger partial charge in [0, 0.05) is 17.7 Å². The molecule has 0 amide bonds. The first-order valence-corrected chi connectivity index (χ1v) is 6.51. The lowest BCUT2D eigenvalue weighted by atomic mass is 10.1. The summed E-state index contributed by atoms with van der Waals surface area (Å²) in [6.45, 7) is 0. The van der Waals surface area contributed by atoms with Crippen LogP contribution in [0.2, 0.25) is 0 Å². The zero-order valence-electron chi connectivity index (χ0n) is 11.0. The van der Waals surface area contributed by atoms with Gasteiger partial charge in [0.25, 0.3) is 0 Å². The molecule has 3 aromatic heterocycles. The van der Waals surface area contributed by atoms with Gasteiger partial charge in [-0.15, -0.1) is 0 Å². The maximum atomic E-state index is 5.51. The number of rotatable bonds is 3. The number of fused-ring (bicyclic) bond motifs is 1. The smallest absolute Gasteiger partial charge is 0.175 e. The lowest BCUT2D eigenvalue weighted by Crippen LogP contribution is -1.93. The Morgan fingerprint density at radius 3 is 2.67 bits per heavy atom. The second-order valence-corrected chi connectivity index (χ2v) is 4.57. The molecule has 5 nitrogen and oxygen atoms in total. The molecular formula is C16H11N3O2. The SMILES string of the molecule is c1ccc(-c2cc(Nc3ccon3)c3occc3n2)cc1. The number of furan rings is 1. The molecule has 0 bridgehead atoms. The van der Waals surface area contributed by atoms with Crippen molar-refractivity contribution in [2.24, 2.45) is 0 Å². The van der Waals surface area contributed by atoms with Crippen LogP contribution in [0.3, 0.4) is 0 Å². The van der Waals surface area contributed by atoms with E-state index in [0.29, 0.717) is 11.4 Å². The monoisotopic (exact) mass is 277 g/mol. The van der Waals surface area contributed by atoms with E-state index >= 15 is 0 Å². The predicted octanol–water partition coefficient (Wildman–Crippen LogP) is 4.23. The lowest BCUT2D eigenvalue weighted by molar-refractivity contribution is 0.423. The Balaban J connectivity index is 1.86. The highest BCUT2D eigenvalue weighted by atomic mass is 16.5. The third-order valence-corrected chi connectivity index (χ3v) is 3.18. The summed E-state index contributed by atoms with van der Waals surface area (Å²) < 4.78 is 10.3. The second kappa shape index (κ2) is 4.79. The van der Waals surface area contributed by atoms with Gasteiger partial charge in [-0.25, -0.2) is 4.98 Å². The van der Waals surface area contributed by atoms with E-state index in [9.17, 15) is 0 Å². The van der Waals surface area contributed by atoms with Gasteiger partial charge in [-0.05, 0) is 6.07 Å². The maximum Gasteiger partial charge on any atom is 0.175 e. The normalized spacial score (nSPS) is 10.9. The summed E-state index contributed by atoms with van der Waals surface area (Å²) in [6.07, 6.45) is 3.14. The molecule has 3 heterocycles. The molecule has 0 aliphatic rings. The zero-order valence-corrected chi connectivity index (χ0v) is 11.0. The van der Waals surface area contributed by atoms with E-state index in [2.05, 4.69) is 15.5 Å². The molecule has 102 valence electrons. The summed E-state index contributed by atoms with van der Waals surface area (Å²) in [6, 6.07) is 15.5. The molecule has 0 saturated carbocycles. The van der Waals surface area contributed by atoms with Crippen LogP contribution in [0.4, 0.5) is 11.5 Å². The molecule has 1 N–H and O–H groups in total. The molecule has 5 heteroatoms. The first-order valence-electron chi connectivity index (χ1n) is 6.51. The van der Waals surface area contributed by atoms with Gasteiger partial charge >= 0.3 is 0 Å². The molecule has 1 aromatic carbocycles. The van der Waals surface area contributed by atoms with Crippen molar-refractivity contribution >= 4 is 22.6 Å². The zero-order chi connectivity index (χ0) is 14.1. The average molecular weight is 277 g/mol. The van der Waals surface area contributed by atoms with Gasteiger partial charge in [0.1, 0.15) is 11.8 Å². The predicted molar refractivity (Wildman–Crippen MR) is 79.2 cm³/mol. The Morgan fingerprint density at radius 2 is 1.86 bits per heavy atom. The van der Waals surface area contributed by atoms with Gasteiger partial charge in [0.2, 0.25) is 0 Å². The minimum absolute atomic E-state index is 0.623. The van der Waals surface area contributed by atoms with E-state index in [1.165, 1.54) is 6.26 Å². The molecule has 0 fully saturated rings. The largest absolute Gasteiger partial charge is 0.460 e. The fraction of sp³-hybridized carbons (Fsp3) is 0. The van der Waals surface area contributed by atoms with Crippen LogP contribution < -0.4 is 5.32 Å². The molecule has 4 aromatic rings. The maximum absolute atomic E-state index is 5.51. The summed E-state index contributed by atoms with van der Waals surface area (Å²) in [5.41, 5.74) is 4.21. The van der Waals surface area contributed by atoms with E-state index in [1.807, 2.05) is 42.5 Å². The molecular weight excluding hydrogens is 266 g/mol. The van der Waals surface area contributed by atoms with Gasteiger partial charge in [0.05, 0.1) is 17.6 Å². The summed E-state index contributed by atoms with van der Waals surface area (Å²) in [5.74, 6) is 0.623. The Kier molecular flexibility index (Phi) is 2.67. The van der Waals surface area contributed by atoms with Crippen molar-refractivity contribution in [1.82, 2.24) is 10.1 Å². The van der Waals surface area contributed by atoms with E-state index in [1.54, 1.807) is 12.3 Å². The van der Waals surface area contributed by atoms with Gasteiger partial charge < -0.3 is 14.3 Å². The minimum Gasteiger partial charge on any atom is -0.460 e. The summed E-state index contributed by atoms with van der Waals surface area (Å²) in [4.78, 5) is 4.62. The summed E-state index contributed by atoms with van der Waals surface area (Å²) in [5, 5.41) is 7.04. The van der Waals surface area contributed by atoms with E-state index < -0.39 is 0 Å². The van der Waals surface area contributed by atoms with Crippen LogP contribution in [0.15, 0.2) is 70.0 Å².